The van der Waals surface area contributed by atoms with Gasteiger partial charge in [-0.1, -0.05) is 11.6 Å². The molecule has 0 saturated carbocycles. The average Bonchev–Trinajstić information content (AvgIpc) is 2.58. The second kappa shape index (κ2) is 6.90. The number of fused-ring (bicyclic) bond motifs is 1. The minimum atomic E-state index is -0.495. The number of rotatable bonds is 5. The Morgan fingerprint density at radius 2 is 2.12 bits per heavy atom. The van der Waals surface area contributed by atoms with Crippen LogP contribution in [0.3, 0.4) is 0 Å². The summed E-state index contributed by atoms with van der Waals surface area (Å²) in [6, 6.07) is 4.28. The van der Waals surface area contributed by atoms with Gasteiger partial charge in [0.05, 0.1) is 17.8 Å². The molecule has 0 aliphatic carbocycles. The lowest BCUT2D eigenvalue weighted by atomic mass is 10.3. The van der Waals surface area contributed by atoms with Gasteiger partial charge in [-0.15, -0.1) is 0 Å². The predicted octanol–water partition coefficient (Wildman–Crippen LogP) is 2.38. The molecule has 0 saturated heterocycles. The fourth-order valence-corrected chi connectivity index (χ4v) is 2.26. The van der Waals surface area contributed by atoms with E-state index in [0.29, 0.717) is 35.0 Å². The topological polar surface area (TPSA) is 87.1 Å². The first-order valence-electron chi connectivity index (χ1n) is 7.10. The first-order chi connectivity index (χ1) is 11.6. The maximum atomic E-state index is 13.3. The van der Waals surface area contributed by atoms with E-state index in [0.717, 1.165) is 0 Å². The van der Waals surface area contributed by atoms with Crippen molar-refractivity contribution in [2.45, 2.75) is 0 Å². The van der Waals surface area contributed by atoms with Gasteiger partial charge in [-0.2, -0.15) is 0 Å². The normalized spacial score (nSPS) is 10.8. The van der Waals surface area contributed by atoms with Crippen LogP contribution in [0.2, 0.25) is 5.02 Å². The highest BCUT2D eigenvalue weighted by atomic mass is 35.5. The van der Waals surface area contributed by atoms with Crippen LogP contribution in [0.1, 0.15) is 0 Å². The molecule has 9 heteroatoms. The van der Waals surface area contributed by atoms with E-state index in [2.05, 4.69) is 25.3 Å². The van der Waals surface area contributed by atoms with Crippen LogP contribution in [0.4, 0.5) is 21.8 Å². The second-order valence-corrected chi connectivity index (χ2v) is 5.43. The number of hydrogen-bond donors (Lipinski definition) is 2. The zero-order chi connectivity index (χ0) is 17.1. The molecule has 0 amide bonds. The van der Waals surface area contributed by atoms with Gasteiger partial charge in [0, 0.05) is 19.3 Å². The van der Waals surface area contributed by atoms with E-state index >= 15 is 0 Å². The lowest BCUT2D eigenvalue weighted by Gasteiger charge is -2.16. The Balaban J connectivity index is 2.00. The Morgan fingerprint density at radius 1 is 1.29 bits per heavy atom. The van der Waals surface area contributed by atoms with Crippen molar-refractivity contribution in [1.29, 1.82) is 0 Å². The highest BCUT2D eigenvalue weighted by Gasteiger charge is 2.11. The summed E-state index contributed by atoms with van der Waals surface area (Å²) in [4.78, 5) is 18.7. The fourth-order valence-electron chi connectivity index (χ4n) is 2.08. The Bertz CT molecular complexity index is 878. The van der Waals surface area contributed by atoms with Crippen molar-refractivity contribution in [1.82, 2.24) is 19.9 Å². The third-order valence-electron chi connectivity index (χ3n) is 3.32. The first kappa shape index (κ1) is 16.3. The third kappa shape index (κ3) is 3.34. The van der Waals surface area contributed by atoms with Crippen molar-refractivity contribution in [2.24, 2.45) is 0 Å². The van der Waals surface area contributed by atoms with Gasteiger partial charge in [-0.3, -0.25) is 0 Å². The molecule has 2 aromatic heterocycles. The van der Waals surface area contributed by atoms with Gasteiger partial charge in [0.1, 0.15) is 23.2 Å². The number of anilines is 3. The van der Waals surface area contributed by atoms with Gasteiger partial charge in [0.2, 0.25) is 5.95 Å². The van der Waals surface area contributed by atoms with E-state index in [4.69, 9.17) is 16.7 Å². The molecule has 0 spiro atoms. The Kier molecular flexibility index (Phi) is 4.68. The summed E-state index contributed by atoms with van der Waals surface area (Å²) in [7, 11) is 1.77. The summed E-state index contributed by atoms with van der Waals surface area (Å²) in [6.45, 7) is 0.387. The lowest BCUT2D eigenvalue weighted by molar-refractivity contribution is 0.303. The Hall–Kier alpha value is -2.58. The molecule has 0 atom stereocenters. The SMILES string of the molecule is CN(CCO)c1ncc2ncnc(Nc3ccc(F)c(Cl)c3)c2n1. The molecule has 2 heterocycles. The van der Waals surface area contributed by atoms with Crippen LogP contribution in [0.15, 0.2) is 30.7 Å². The van der Waals surface area contributed by atoms with Crippen LogP contribution in [0.25, 0.3) is 11.0 Å². The number of aliphatic hydroxyl groups is 1. The van der Waals surface area contributed by atoms with Gasteiger partial charge >= 0.3 is 0 Å². The standard InChI is InChI=1S/C15H14ClFN6O/c1-23(4-5-24)15-18-7-12-13(22-15)14(20-8-19-12)21-9-2-3-11(17)10(16)6-9/h2-3,6-8,24H,4-5H2,1H3,(H,19,20,21). The van der Waals surface area contributed by atoms with E-state index in [1.54, 1.807) is 24.2 Å². The van der Waals surface area contributed by atoms with Gasteiger partial charge in [0.15, 0.2) is 5.82 Å². The summed E-state index contributed by atoms with van der Waals surface area (Å²) in [6.07, 6.45) is 2.96. The monoisotopic (exact) mass is 348 g/mol. The van der Waals surface area contributed by atoms with Crippen molar-refractivity contribution in [2.75, 3.05) is 30.4 Å². The molecular formula is C15H14ClFN6O. The maximum Gasteiger partial charge on any atom is 0.225 e. The van der Waals surface area contributed by atoms with E-state index in [1.165, 1.54) is 18.5 Å². The number of halogens is 2. The summed E-state index contributed by atoms with van der Waals surface area (Å²) >= 11 is 5.80. The van der Waals surface area contributed by atoms with Crippen LogP contribution in [-0.4, -0.2) is 45.2 Å². The second-order valence-electron chi connectivity index (χ2n) is 5.03. The van der Waals surface area contributed by atoms with Gasteiger partial charge in [0.25, 0.3) is 0 Å². The van der Waals surface area contributed by atoms with Crippen molar-refractivity contribution in [3.8, 4) is 0 Å². The number of aliphatic hydroxyl groups excluding tert-OH is 1. The largest absolute Gasteiger partial charge is 0.395 e. The molecule has 2 N–H and O–H groups in total. The minimum absolute atomic E-state index is 0.0105. The van der Waals surface area contributed by atoms with Crippen LogP contribution >= 0.6 is 11.6 Å². The quantitative estimate of drug-likeness (QED) is 0.732. The number of hydrogen-bond acceptors (Lipinski definition) is 7. The highest BCUT2D eigenvalue weighted by Crippen LogP contribution is 2.25. The number of nitrogens with one attached hydrogen (secondary N) is 1. The van der Waals surface area contributed by atoms with E-state index in [9.17, 15) is 4.39 Å². The van der Waals surface area contributed by atoms with Crippen molar-refractivity contribution < 1.29 is 9.50 Å². The van der Waals surface area contributed by atoms with Crippen molar-refractivity contribution >= 4 is 40.1 Å². The van der Waals surface area contributed by atoms with E-state index in [1.807, 2.05) is 0 Å². The van der Waals surface area contributed by atoms with Crippen LogP contribution in [0.5, 0.6) is 0 Å². The zero-order valence-corrected chi connectivity index (χ0v) is 13.5. The van der Waals surface area contributed by atoms with E-state index in [-0.39, 0.29) is 11.6 Å². The Morgan fingerprint density at radius 3 is 2.88 bits per heavy atom. The van der Waals surface area contributed by atoms with Crippen molar-refractivity contribution in [3.05, 3.63) is 41.6 Å². The van der Waals surface area contributed by atoms with Crippen molar-refractivity contribution in [3.63, 3.8) is 0 Å². The first-order valence-corrected chi connectivity index (χ1v) is 7.48. The number of benzene rings is 1. The summed E-state index contributed by atoms with van der Waals surface area (Å²) in [5, 5.41) is 12.1. The maximum absolute atomic E-state index is 13.3. The molecule has 24 heavy (non-hydrogen) atoms. The third-order valence-corrected chi connectivity index (χ3v) is 3.61. The summed E-state index contributed by atoms with van der Waals surface area (Å²) < 4.78 is 13.3. The molecule has 3 rings (SSSR count). The lowest BCUT2D eigenvalue weighted by Crippen LogP contribution is -2.23. The molecule has 0 aliphatic heterocycles. The average molecular weight is 349 g/mol. The molecule has 7 nitrogen and oxygen atoms in total. The molecule has 0 unspecified atom stereocenters. The van der Waals surface area contributed by atoms with Gasteiger partial charge in [-0.25, -0.2) is 24.3 Å². The highest BCUT2D eigenvalue weighted by molar-refractivity contribution is 6.31. The fraction of sp³-hybridized carbons (Fsp3) is 0.200. The number of nitrogens with zero attached hydrogens (tertiary/aromatic N) is 5. The van der Waals surface area contributed by atoms with Gasteiger partial charge in [-0.05, 0) is 18.2 Å². The molecule has 0 bridgehead atoms. The number of aromatic nitrogens is 4. The number of likely N-dealkylation sites (N-methyl/N-ethyl adjacent to an activating group) is 1. The zero-order valence-electron chi connectivity index (χ0n) is 12.7. The molecule has 3 aromatic rings. The Labute approximate surface area is 142 Å². The molecule has 0 aliphatic rings. The van der Waals surface area contributed by atoms with Crippen LogP contribution in [0, 0.1) is 5.82 Å². The smallest absolute Gasteiger partial charge is 0.225 e. The van der Waals surface area contributed by atoms with Crippen LogP contribution < -0.4 is 10.2 Å². The molecular weight excluding hydrogens is 335 g/mol. The summed E-state index contributed by atoms with van der Waals surface area (Å²) in [5.41, 5.74) is 1.64. The van der Waals surface area contributed by atoms with Crippen LogP contribution in [-0.2, 0) is 0 Å². The minimum Gasteiger partial charge on any atom is -0.395 e. The molecule has 124 valence electrons. The predicted molar refractivity (Wildman–Crippen MR) is 90.2 cm³/mol. The molecule has 0 radical (unpaired) electrons. The molecule has 1 aromatic carbocycles. The molecule has 0 fully saturated rings. The summed E-state index contributed by atoms with van der Waals surface area (Å²) in [5.74, 6) is 0.389. The van der Waals surface area contributed by atoms with E-state index < -0.39 is 5.82 Å². The van der Waals surface area contributed by atoms with Gasteiger partial charge < -0.3 is 15.3 Å².